The molecule has 2 atom stereocenters. The first-order valence-electron chi connectivity index (χ1n) is 21.2. The van der Waals surface area contributed by atoms with Crippen molar-refractivity contribution in [3.8, 4) is 0 Å². The van der Waals surface area contributed by atoms with Crippen LogP contribution >= 0.6 is 11.6 Å². The number of fused-ring (bicyclic) bond motifs is 1. The summed E-state index contributed by atoms with van der Waals surface area (Å²) in [6.45, 7) is 16.8. The molecule has 6 aliphatic heterocycles. The number of amides is 5. The third-order valence-electron chi connectivity index (χ3n) is 13.8. The van der Waals surface area contributed by atoms with Gasteiger partial charge in [-0.3, -0.25) is 39.1 Å². The molecule has 15 nitrogen and oxygen atoms in total. The van der Waals surface area contributed by atoms with E-state index in [1.807, 2.05) is 21.9 Å². The zero-order chi connectivity index (χ0) is 42.6. The van der Waals surface area contributed by atoms with Gasteiger partial charge in [0, 0.05) is 88.6 Å². The van der Waals surface area contributed by atoms with Gasteiger partial charge in [0.25, 0.3) is 17.7 Å². The van der Waals surface area contributed by atoms with Gasteiger partial charge < -0.3 is 19.6 Å². The molecular weight excluding hydrogens is 803 g/mol. The molecule has 6 aliphatic rings. The van der Waals surface area contributed by atoms with Gasteiger partial charge in [-0.15, -0.1) is 0 Å². The first kappa shape index (κ1) is 40.7. The summed E-state index contributed by atoms with van der Waals surface area (Å²) in [6.07, 6.45) is 8.49. The van der Waals surface area contributed by atoms with Crippen molar-refractivity contribution in [3.63, 3.8) is 0 Å². The number of benzene rings is 2. The second-order valence-corrected chi connectivity index (χ2v) is 17.9. The fourth-order valence-electron chi connectivity index (χ4n) is 10.3. The van der Waals surface area contributed by atoms with Gasteiger partial charge in [-0.05, 0) is 81.0 Å². The number of imide groups is 2. The molecule has 1 N–H and O–H groups in total. The molecule has 1 aromatic heterocycles. The first-order chi connectivity index (χ1) is 29.4. The lowest BCUT2D eigenvalue weighted by Gasteiger charge is -2.40. The van der Waals surface area contributed by atoms with Crippen molar-refractivity contribution in [1.29, 1.82) is 0 Å². The van der Waals surface area contributed by atoms with Crippen LogP contribution in [-0.4, -0.2) is 132 Å². The molecule has 7 heterocycles. The van der Waals surface area contributed by atoms with Crippen molar-refractivity contribution < 1.29 is 28.4 Å². The van der Waals surface area contributed by atoms with E-state index in [4.69, 9.17) is 18.2 Å². The van der Waals surface area contributed by atoms with Gasteiger partial charge in [0.1, 0.15) is 11.9 Å². The van der Waals surface area contributed by atoms with Gasteiger partial charge in [-0.1, -0.05) is 17.7 Å². The zero-order valence-corrected chi connectivity index (χ0v) is 34.9. The number of nitrogens with zero attached hydrogens (tertiary/aromatic N) is 9. The van der Waals surface area contributed by atoms with Crippen LogP contribution in [-0.2, 0) is 9.59 Å². The van der Waals surface area contributed by atoms with Crippen LogP contribution in [0.25, 0.3) is 4.85 Å². The standard InChI is InChI=1S/C44H48ClFN10O5/c1-27-22-44(26-55(27)29-3-4-35(47-2)33(45)19-29)9-13-52(14-10-44)30-23-48-39(49-24-30)43(61)54-11-7-28(8-12-54)25-51-15-17-53(18-16-51)37-21-32-31(20-34(37)46)41(59)56(42(32)60)36-5-6-38(57)50-40(36)58/h3-4,19-21,23-24,27-28,36H,5-18,22,25-26H2,1H3,(H,50,57,58)/t27-,36?/m0/s1. The van der Waals surface area contributed by atoms with Crippen molar-refractivity contribution in [2.75, 3.05) is 80.1 Å². The summed E-state index contributed by atoms with van der Waals surface area (Å²) in [5.41, 5.74) is 2.91. The topological polar surface area (TPSA) is 147 Å². The number of likely N-dealkylation sites (tertiary alicyclic amines) is 1. The van der Waals surface area contributed by atoms with Crippen LogP contribution in [0.3, 0.4) is 0 Å². The van der Waals surface area contributed by atoms with E-state index >= 15 is 4.39 Å². The van der Waals surface area contributed by atoms with E-state index in [9.17, 15) is 24.0 Å². The van der Waals surface area contributed by atoms with Gasteiger partial charge in [0.15, 0.2) is 0 Å². The molecule has 1 unspecified atom stereocenters. The number of halogens is 2. The minimum Gasteiger partial charge on any atom is -0.369 e. The summed E-state index contributed by atoms with van der Waals surface area (Å²) in [7, 11) is 0. The minimum atomic E-state index is -1.11. The predicted octanol–water partition coefficient (Wildman–Crippen LogP) is 4.78. The summed E-state index contributed by atoms with van der Waals surface area (Å²) >= 11 is 6.37. The van der Waals surface area contributed by atoms with Crippen molar-refractivity contribution >= 4 is 63.9 Å². The number of anilines is 3. The van der Waals surface area contributed by atoms with Crippen LogP contribution in [0.5, 0.6) is 0 Å². The lowest BCUT2D eigenvalue weighted by molar-refractivity contribution is -0.136. The smallest absolute Gasteiger partial charge is 0.291 e. The van der Waals surface area contributed by atoms with Crippen molar-refractivity contribution in [2.45, 2.75) is 64.0 Å². The third kappa shape index (κ3) is 7.78. The number of hydrogen-bond donors (Lipinski definition) is 1. The fourth-order valence-corrected chi connectivity index (χ4v) is 10.6. The van der Waals surface area contributed by atoms with Crippen LogP contribution in [0, 0.1) is 23.7 Å². The number of carbonyl (C=O) groups excluding carboxylic acids is 5. The van der Waals surface area contributed by atoms with E-state index < -0.39 is 35.5 Å². The Hall–Kier alpha value is -5.66. The van der Waals surface area contributed by atoms with Crippen LogP contribution < -0.4 is 20.0 Å². The van der Waals surface area contributed by atoms with Gasteiger partial charge in [0.05, 0.1) is 41.5 Å². The van der Waals surface area contributed by atoms with E-state index in [0.29, 0.717) is 61.9 Å². The van der Waals surface area contributed by atoms with E-state index in [0.717, 1.165) is 80.6 Å². The number of rotatable bonds is 7. The molecule has 0 radical (unpaired) electrons. The van der Waals surface area contributed by atoms with E-state index in [1.54, 1.807) is 18.5 Å². The molecule has 2 aromatic carbocycles. The lowest BCUT2D eigenvalue weighted by Crippen LogP contribution is -2.54. The monoisotopic (exact) mass is 850 g/mol. The number of carbonyl (C=O) groups is 5. The van der Waals surface area contributed by atoms with Crippen LogP contribution in [0.4, 0.5) is 27.1 Å². The molecule has 9 rings (SSSR count). The highest BCUT2D eigenvalue weighted by atomic mass is 35.5. The van der Waals surface area contributed by atoms with Crippen LogP contribution in [0.2, 0.25) is 5.02 Å². The Labute approximate surface area is 358 Å². The summed E-state index contributed by atoms with van der Waals surface area (Å²) in [4.78, 5) is 88.2. The number of piperazine rings is 1. The highest BCUT2D eigenvalue weighted by Gasteiger charge is 2.46. The first-order valence-corrected chi connectivity index (χ1v) is 21.6. The fraction of sp³-hybridized carbons (Fsp3) is 0.500. The Morgan fingerprint density at radius 3 is 2.25 bits per heavy atom. The SMILES string of the molecule is [C-]#[N+]c1ccc(N2CC3(CCN(c4cnc(C(=O)N5CCC(CN6CCN(c7cc8c(cc7F)C(=O)N(C7CCC(=O)NC7=O)C8=O)CC6)CC5)nc4)CC3)C[C@@H]2C)cc1Cl. The zero-order valence-electron chi connectivity index (χ0n) is 34.1. The molecule has 318 valence electrons. The summed E-state index contributed by atoms with van der Waals surface area (Å²) in [5, 5.41) is 2.67. The summed E-state index contributed by atoms with van der Waals surface area (Å²) < 4.78 is 15.5. The van der Waals surface area contributed by atoms with Crippen LogP contribution in [0.15, 0.2) is 42.7 Å². The maximum atomic E-state index is 15.5. The lowest BCUT2D eigenvalue weighted by atomic mass is 9.76. The Bertz CT molecular complexity index is 2320. The van der Waals surface area contributed by atoms with E-state index in [-0.39, 0.29) is 46.8 Å². The Morgan fingerprint density at radius 1 is 0.902 bits per heavy atom. The highest BCUT2D eigenvalue weighted by Crippen LogP contribution is 2.46. The minimum absolute atomic E-state index is 0.0114. The number of piperidine rings is 3. The second-order valence-electron chi connectivity index (χ2n) is 17.5. The molecule has 0 aliphatic carbocycles. The van der Waals surface area contributed by atoms with Gasteiger partial charge in [-0.2, -0.15) is 0 Å². The molecule has 61 heavy (non-hydrogen) atoms. The molecule has 1 spiro atoms. The Balaban J connectivity index is 0.725. The summed E-state index contributed by atoms with van der Waals surface area (Å²) in [5.74, 6) is -2.69. The maximum Gasteiger partial charge on any atom is 0.291 e. The van der Waals surface area contributed by atoms with Gasteiger partial charge in [-0.25, -0.2) is 19.2 Å². The van der Waals surface area contributed by atoms with Crippen molar-refractivity contribution in [2.24, 2.45) is 11.3 Å². The summed E-state index contributed by atoms with van der Waals surface area (Å²) in [6, 6.07) is 7.49. The number of aromatic nitrogens is 2. The van der Waals surface area contributed by atoms with Crippen molar-refractivity contribution in [1.82, 2.24) is 30.0 Å². The molecule has 5 amide bonds. The van der Waals surface area contributed by atoms with Gasteiger partial charge in [0.2, 0.25) is 23.3 Å². The second kappa shape index (κ2) is 16.3. The highest BCUT2D eigenvalue weighted by molar-refractivity contribution is 6.33. The normalized spacial score (nSPS) is 23.5. The largest absolute Gasteiger partial charge is 0.369 e. The number of nitrogens with one attached hydrogen (secondary N) is 1. The average Bonchev–Trinajstić information content (AvgIpc) is 3.71. The Morgan fingerprint density at radius 2 is 1.59 bits per heavy atom. The maximum absolute atomic E-state index is 15.5. The Kier molecular flexibility index (Phi) is 10.9. The molecule has 5 fully saturated rings. The molecule has 0 bridgehead atoms. The third-order valence-corrected chi connectivity index (χ3v) is 14.1. The van der Waals surface area contributed by atoms with E-state index in [2.05, 4.69) is 41.8 Å². The van der Waals surface area contributed by atoms with E-state index in [1.165, 1.54) is 6.07 Å². The molecule has 3 aromatic rings. The quantitative estimate of drug-likeness (QED) is 0.259. The average molecular weight is 851 g/mol. The molecule has 17 heteroatoms. The predicted molar refractivity (Wildman–Crippen MR) is 225 cm³/mol. The molecule has 5 saturated heterocycles. The number of hydrogen-bond acceptors (Lipinski definition) is 11. The molecular formula is C44H48ClFN10O5. The molecule has 0 saturated carbocycles. The van der Waals surface area contributed by atoms with Crippen molar-refractivity contribution in [3.05, 3.63) is 81.9 Å². The van der Waals surface area contributed by atoms with Crippen LogP contribution in [0.1, 0.15) is 83.2 Å². The van der Waals surface area contributed by atoms with Gasteiger partial charge >= 0.3 is 0 Å².